The van der Waals surface area contributed by atoms with Crippen LogP contribution in [0.5, 0.6) is 0 Å². The van der Waals surface area contributed by atoms with Gasteiger partial charge in [0.25, 0.3) is 0 Å². The van der Waals surface area contributed by atoms with Gasteiger partial charge in [0.15, 0.2) is 0 Å². The number of hydrogen-bond acceptors (Lipinski definition) is 5. The summed E-state index contributed by atoms with van der Waals surface area (Å²) in [6.45, 7) is 2.48. The summed E-state index contributed by atoms with van der Waals surface area (Å²) in [5.41, 5.74) is 8.05. The Bertz CT molecular complexity index is 764. The summed E-state index contributed by atoms with van der Waals surface area (Å²) in [6, 6.07) is 10.6. The number of halogens is 1. The Kier molecular flexibility index (Phi) is 4.81. The lowest BCUT2D eigenvalue weighted by Gasteiger charge is -2.37. The first-order valence-electron chi connectivity index (χ1n) is 8.91. The maximum atomic E-state index is 13.9. The molecule has 0 aliphatic carbocycles. The van der Waals surface area contributed by atoms with E-state index in [1.807, 2.05) is 28.0 Å². The number of amides is 1. The molecule has 2 aliphatic rings. The average Bonchev–Trinajstić information content (AvgIpc) is 3.19. The zero-order valence-electron chi connectivity index (χ0n) is 14.4. The second-order valence-electron chi connectivity index (χ2n) is 6.67. The third-order valence-corrected chi connectivity index (χ3v) is 5.09. The van der Waals surface area contributed by atoms with Gasteiger partial charge in [-0.1, -0.05) is 12.1 Å². The van der Waals surface area contributed by atoms with E-state index in [1.165, 1.54) is 6.07 Å². The number of hydrogen-bond donors (Lipinski definition) is 2. The van der Waals surface area contributed by atoms with Crippen LogP contribution >= 0.6 is 0 Å². The molecule has 1 aromatic carbocycles. The first kappa shape index (κ1) is 16.9. The molecule has 0 saturated carbocycles. The first-order chi connectivity index (χ1) is 12.7. The van der Waals surface area contributed by atoms with E-state index < -0.39 is 0 Å². The lowest BCUT2D eigenvalue weighted by Crippen LogP contribution is -2.53. The number of rotatable bonds is 3. The molecule has 26 heavy (non-hydrogen) atoms. The standard InChI is InChI=1S/C19H22FN5O/c20-15-3-1-2-4-18(15)24-9-11-25(12-10-24)19(26)17-13-16(22-23-17)14-5-7-21-8-6-14/h1-8,16-17,22-23H,9-13H2. The normalized spacial score (nSPS) is 23.3. The number of benzene rings is 1. The molecule has 0 bridgehead atoms. The Labute approximate surface area is 152 Å². The van der Waals surface area contributed by atoms with Crippen LogP contribution in [-0.2, 0) is 4.79 Å². The minimum absolute atomic E-state index is 0.0993. The molecule has 6 nitrogen and oxygen atoms in total. The minimum atomic E-state index is -0.242. The van der Waals surface area contributed by atoms with E-state index in [0.717, 1.165) is 5.56 Å². The van der Waals surface area contributed by atoms with Crippen LogP contribution in [0, 0.1) is 5.82 Å². The van der Waals surface area contributed by atoms with Gasteiger partial charge in [0, 0.05) is 44.6 Å². The van der Waals surface area contributed by atoms with Gasteiger partial charge >= 0.3 is 0 Å². The van der Waals surface area contributed by atoms with Gasteiger partial charge in [0.05, 0.1) is 5.69 Å². The third-order valence-electron chi connectivity index (χ3n) is 5.09. The second kappa shape index (κ2) is 7.39. The number of carbonyl (C=O) groups is 1. The molecular weight excluding hydrogens is 333 g/mol. The van der Waals surface area contributed by atoms with Crippen molar-refractivity contribution >= 4 is 11.6 Å². The quantitative estimate of drug-likeness (QED) is 0.873. The largest absolute Gasteiger partial charge is 0.366 e. The van der Waals surface area contributed by atoms with E-state index in [2.05, 4.69) is 15.8 Å². The molecule has 2 aliphatic heterocycles. The topological polar surface area (TPSA) is 60.5 Å². The number of nitrogens with one attached hydrogen (secondary N) is 2. The number of pyridine rings is 1. The third kappa shape index (κ3) is 3.40. The van der Waals surface area contributed by atoms with Gasteiger partial charge < -0.3 is 9.80 Å². The van der Waals surface area contributed by atoms with Crippen molar-refractivity contribution in [2.24, 2.45) is 0 Å². The second-order valence-corrected chi connectivity index (χ2v) is 6.67. The fourth-order valence-electron chi connectivity index (χ4n) is 3.63. The SMILES string of the molecule is O=C(C1CC(c2ccncc2)NN1)N1CCN(c2ccccc2F)CC1. The van der Waals surface area contributed by atoms with Crippen molar-refractivity contribution in [1.29, 1.82) is 0 Å². The number of nitrogens with zero attached hydrogens (tertiary/aromatic N) is 3. The molecule has 2 N–H and O–H groups in total. The Balaban J connectivity index is 1.34. The van der Waals surface area contributed by atoms with E-state index in [9.17, 15) is 9.18 Å². The summed E-state index contributed by atoms with van der Waals surface area (Å²) in [5, 5.41) is 0. The van der Waals surface area contributed by atoms with Crippen molar-refractivity contribution < 1.29 is 9.18 Å². The molecule has 136 valence electrons. The molecule has 2 saturated heterocycles. The molecule has 4 rings (SSSR count). The zero-order chi connectivity index (χ0) is 17.9. The number of piperazine rings is 1. The van der Waals surface area contributed by atoms with Gasteiger partial charge in [-0.3, -0.25) is 9.78 Å². The van der Waals surface area contributed by atoms with Crippen LogP contribution in [0.15, 0.2) is 48.8 Å². The van der Waals surface area contributed by atoms with Gasteiger partial charge in [-0.25, -0.2) is 15.2 Å². The Morgan fingerprint density at radius 2 is 1.77 bits per heavy atom. The summed E-state index contributed by atoms with van der Waals surface area (Å²) >= 11 is 0. The fraction of sp³-hybridized carbons (Fsp3) is 0.368. The molecule has 2 fully saturated rings. The molecule has 3 heterocycles. The van der Waals surface area contributed by atoms with Crippen molar-refractivity contribution in [3.8, 4) is 0 Å². The highest BCUT2D eigenvalue weighted by Crippen LogP contribution is 2.24. The summed E-state index contributed by atoms with van der Waals surface area (Å²) in [5.74, 6) is -0.114. The van der Waals surface area contributed by atoms with Crippen LogP contribution in [0.1, 0.15) is 18.0 Å². The van der Waals surface area contributed by atoms with Crippen LogP contribution in [-0.4, -0.2) is 48.0 Å². The molecule has 0 radical (unpaired) electrons. The predicted octanol–water partition coefficient (Wildman–Crippen LogP) is 1.48. The highest BCUT2D eigenvalue weighted by molar-refractivity contribution is 5.82. The fourth-order valence-corrected chi connectivity index (χ4v) is 3.63. The number of anilines is 1. The minimum Gasteiger partial charge on any atom is -0.366 e. The highest BCUT2D eigenvalue weighted by Gasteiger charge is 2.34. The van der Waals surface area contributed by atoms with Crippen molar-refractivity contribution in [2.75, 3.05) is 31.1 Å². The van der Waals surface area contributed by atoms with Gasteiger partial charge in [-0.2, -0.15) is 0 Å². The number of aromatic nitrogens is 1. The molecule has 2 unspecified atom stereocenters. The van der Waals surface area contributed by atoms with E-state index in [4.69, 9.17) is 0 Å². The maximum absolute atomic E-state index is 13.9. The molecule has 7 heteroatoms. The summed E-state index contributed by atoms with van der Waals surface area (Å²) in [4.78, 5) is 20.7. The van der Waals surface area contributed by atoms with Crippen molar-refractivity contribution in [3.05, 3.63) is 60.2 Å². The van der Waals surface area contributed by atoms with Crippen molar-refractivity contribution in [3.63, 3.8) is 0 Å². The summed E-state index contributed by atoms with van der Waals surface area (Å²) in [6.07, 6.45) is 4.22. The lowest BCUT2D eigenvalue weighted by atomic mass is 10.0. The zero-order valence-corrected chi connectivity index (χ0v) is 14.4. The van der Waals surface area contributed by atoms with Crippen LogP contribution in [0.4, 0.5) is 10.1 Å². The van der Waals surface area contributed by atoms with E-state index >= 15 is 0 Å². The van der Waals surface area contributed by atoms with Gasteiger partial charge in [0.1, 0.15) is 11.9 Å². The maximum Gasteiger partial charge on any atom is 0.241 e. The van der Waals surface area contributed by atoms with E-state index in [0.29, 0.717) is 38.3 Å². The van der Waals surface area contributed by atoms with Crippen molar-refractivity contribution in [1.82, 2.24) is 20.7 Å². The highest BCUT2D eigenvalue weighted by atomic mass is 19.1. The molecule has 0 spiro atoms. The van der Waals surface area contributed by atoms with E-state index in [1.54, 1.807) is 24.5 Å². The van der Waals surface area contributed by atoms with Crippen LogP contribution < -0.4 is 15.8 Å². The Morgan fingerprint density at radius 1 is 1.04 bits per heavy atom. The van der Waals surface area contributed by atoms with Gasteiger partial charge in [0.2, 0.25) is 5.91 Å². The summed E-state index contributed by atoms with van der Waals surface area (Å²) in [7, 11) is 0. The molecule has 1 aromatic heterocycles. The van der Waals surface area contributed by atoms with E-state index in [-0.39, 0.29) is 23.8 Å². The van der Waals surface area contributed by atoms with Gasteiger partial charge in [-0.05, 0) is 36.2 Å². The first-order valence-corrected chi connectivity index (χ1v) is 8.91. The smallest absolute Gasteiger partial charge is 0.241 e. The number of hydrazine groups is 1. The number of carbonyl (C=O) groups excluding carboxylic acids is 1. The predicted molar refractivity (Wildman–Crippen MR) is 96.8 cm³/mol. The molecule has 1 amide bonds. The Hall–Kier alpha value is -2.51. The van der Waals surface area contributed by atoms with Crippen molar-refractivity contribution in [2.45, 2.75) is 18.5 Å². The number of para-hydroxylation sites is 1. The van der Waals surface area contributed by atoms with Crippen LogP contribution in [0.2, 0.25) is 0 Å². The monoisotopic (exact) mass is 355 g/mol. The van der Waals surface area contributed by atoms with Gasteiger partial charge in [-0.15, -0.1) is 0 Å². The van der Waals surface area contributed by atoms with Crippen LogP contribution in [0.25, 0.3) is 0 Å². The Morgan fingerprint density at radius 3 is 2.50 bits per heavy atom. The van der Waals surface area contributed by atoms with Crippen LogP contribution in [0.3, 0.4) is 0 Å². The molecular formula is C19H22FN5O. The molecule has 2 atom stereocenters. The summed E-state index contributed by atoms with van der Waals surface area (Å²) < 4.78 is 13.9. The molecule has 2 aromatic rings. The average molecular weight is 355 g/mol. The lowest BCUT2D eigenvalue weighted by molar-refractivity contribution is -0.133.